The monoisotopic (exact) mass is 264 g/mol. The third-order valence-electron chi connectivity index (χ3n) is 1.56. The zero-order valence-corrected chi connectivity index (χ0v) is 10.4. The summed E-state index contributed by atoms with van der Waals surface area (Å²) in [6.45, 7) is 3.96. The summed E-state index contributed by atoms with van der Waals surface area (Å²) in [6.07, 6.45) is 0. The number of hydrogen-bond donors (Lipinski definition) is 2. The molecule has 6 nitrogen and oxygen atoms in total. The molecule has 0 bridgehead atoms. The van der Waals surface area contributed by atoms with Crippen LogP contribution in [0.25, 0.3) is 0 Å². The first-order valence-corrected chi connectivity index (χ1v) is 6.78. The van der Waals surface area contributed by atoms with Crippen LogP contribution < -0.4 is 14.6 Å². The van der Waals surface area contributed by atoms with E-state index in [4.69, 9.17) is 9.88 Å². The first-order chi connectivity index (χ1) is 7.33. The number of ether oxygens (including phenoxy) is 1. The third kappa shape index (κ3) is 3.47. The van der Waals surface area contributed by atoms with E-state index in [1.54, 1.807) is 24.6 Å². The van der Waals surface area contributed by atoms with Gasteiger partial charge in [0.2, 0.25) is 0 Å². The molecule has 1 amide bonds. The van der Waals surface area contributed by atoms with E-state index in [9.17, 15) is 13.2 Å². The van der Waals surface area contributed by atoms with Crippen molar-refractivity contribution in [1.29, 1.82) is 0 Å². The van der Waals surface area contributed by atoms with Crippen molar-refractivity contribution in [2.24, 2.45) is 5.14 Å². The Labute approximate surface area is 97.6 Å². The van der Waals surface area contributed by atoms with Crippen LogP contribution in [-0.2, 0) is 10.2 Å². The Bertz CT molecular complexity index is 492. The van der Waals surface area contributed by atoms with E-state index < -0.39 is 16.1 Å². The number of nitrogens with one attached hydrogen (secondary N) is 1. The molecule has 0 aliphatic rings. The van der Waals surface area contributed by atoms with Gasteiger partial charge in [0.05, 0.1) is 6.61 Å². The molecule has 0 atom stereocenters. The summed E-state index contributed by atoms with van der Waals surface area (Å²) in [5, 5.41) is 4.71. The molecule has 90 valence electrons. The molecule has 0 spiro atoms. The second-order valence-corrected chi connectivity index (χ2v) is 5.51. The molecule has 0 unspecified atom stereocenters. The molecule has 0 saturated heterocycles. The first kappa shape index (κ1) is 12.9. The Morgan fingerprint density at radius 2 is 2.25 bits per heavy atom. The van der Waals surface area contributed by atoms with Gasteiger partial charge in [0, 0.05) is 4.88 Å². The zero-order chi connectivity index (χ0) is 12.3. The molecule has 8 heteroatoms. The van der Waals surface area contributed by atoms with Gasteiger partial charge in [-0.25, -0.2) is 9.86 Å². The van der Waals surface area contributed by atoms with Crippen LogP contribution in [0.3, 0.4) is 0 Å². The van der Waals surface area contributed by atoms with Crippen LogP contribution in [0.4, 0.5) is 0 Å². The van der Waals surface area contributed by atoms with Crippen molar-refractivity contribution >= 4 is 27.5 Å². The highest BCUT2D eigenvalue weighted by atomic mass is 32.2. The van der Waals surface area contributed by atoms with Crippen LogP contribution in [0.2, 0.25) is 0 Å². The second kappa shape index (κ2) is 4.81. The quantitative estimate of drug-likeness (QED) is 0.821. The fourth-order valence-corrected chi connectivity index (χ4v) is 2.36. The number of nitrogens with two attached hydrogens (primary N) is 1. The van der Waals surface area contributed by atoms with Gasteiger partial charge in [0.25, 0.3) is 16.1 Å². The maximum atomic E-state index is 11.5. The van der Waals surface area contributed by atoms with Gasteiger partial charge in [0.1, 0.15) is 10.6 Å². The molecule has 0 fully saturated rings. The SMILES string of the molecule is CCOc1cc(C)sc1C(=O)NS(N)(=O)=O. The molecule has 0 aliphatic carbocycles. The lowest BCUT2D eigenvalue weighted by Crippen LogP contribution is -2.35. The number of amides is 1. The van der Waals surface area contributed by atoms with E-state index in [-0.39, 0.29) is 4.88 Å². The summed E-state index contributed by atoms with van der Waals surface area (Å²) in [5.41, 5.74) is 0. The molecular formula is C8H12N2O4S2. The minimum Gasteiger partial charge on any atom is -0.492 e. The number of thiophene rings is 1. The van der Waals surface area contributed by atoms with Gasteiger partial charge in [-0.15, -0.1) is 11.3 Å². The van der Waals surface area contributed by atoms with E-state index in [0.717, 1.165) is 16.2 Å². The number of aryl methyl sites for hydroxylation is 1. The summed E-state index contributed by atoms with van der Waals surface area (Å²) in [5.74, 6) is -0.407. The van der Waals surface area contributed by atoms with E-state index >= 15 is 0 Å². The topological polar surface area (TPSA) is 98.5 Å². The van der Waals surface area contributed by atoms with Crippen molar-refractivity contribution in [3.63, 3.8) is 0 Å². The minimum atomic E-state index is -4.04. The van der Waals surface area contributed by atoms with Crippen molar-refractivity contribution in [3.05, 3.63) is 15.8 Å². The number of hydrogen-bond acceptors (Lipinski definition) is 5. The van der Waals surface area contributed by atoms with Crippen LogP contribution in [-0.4, -0.2) is 20.9 Å². The van der Waals surface area contributed by atoms with E-state index in [2.05, 4.69) is 0 Å². The highest BCUT2D eigenvalue weighted by Crippen LogP contribution is 2.28. The Balaban J connectivity index is 2.98. The number of carbonyl (C=O) groups is 1. The molecule has 16 heavy (non-hydrogen) atoms. The fourth-order valence-electron chi connectivity index (χ4n) is 1.09. The summed E-state index contributed by atoms with van der Waals surface area (Å²) >= 11 is 1.15. The minimum absolute atomic E-state index is 0.202. The first-order valence-electron chi connectivity index (χ1n) is 4.41. The van der Waals surface area contributed by atoms with Gasteiger partial charge in [-0.2, -0.15) is 8.42 Å². The van der Waals surface area contributed by atoms with E-state index in [1.165, 1.54) is 0 Å². The number of rotatable bonds is 4. The molecule has 1 aromatic rings. The van der Waals surface area contributed by atoms with Crippen molar-refractivity contribution in [2.75, 3.05) is 6.61 Å². The Morgan fingerprint density at radius 3 is 2.75 bits per heavy atom. The lowest BCUT2D eigenvalue weighted by atomic mass is 10.4. The normalized spacial score (nSPS) is 11.2. The van der Waals surface area contributed by atoms with Crippen LogP contribution in [0.1, 0.15) is 21.5 Å². The van der Waals surface area contributed by atoms with Gasteiger partial charge in [-0.3, -0.25) is 4.79 Å². The molecule has 0 aliphatic heterocycles. The Kier molecular flexibility index (Phi) is 3.89. The molecule has 1 heterocycles. The highest BCUT2D eigenvalue weighted by Gasteiger charge is 2.19. The highest BCUT2D eigenvalue weighted by molar-refractivity contribution is 7.87. The van der Waals surface area contributed by atoms with Crippen molar-refractivity contribution in [2.45, 2.75) is 13.8 Å². The second-order valence-electron chi connectivity index (χ2n) is 2.96. The van der Waals surface area contributed by atoms with Gasteiger partial charge >= 0.3 is 0 Å². The van der Waals surface area contributed by atoms with Gasteiger partial charge < -0.3 is 4.74 Å². The van der Waals surface area contributed by atoms with E-state index in [0.29, 0.717) is 12.4 Å². The van der Waals surface area contributed by atoms with Gasteiger partial charge in [-0.05, 0) is 19.9 Å². The Hall–Kier alpha value is -1.12. The summed E-state index contributed by atoms with van der Waals surface area (Å²) in [4.78, 5) is 12.6. The average molecular weight is 264 g/mol. The van der Waals surface area contributed by atoms with Crippen LogP contribution in [0, 0.1) is 6.92 Å². The average Bonchev–Trinajstić information content (AvgIpc) is 2.44. The Morgan fingerprint density at radius 1 is 1.62 bits per heavy atom. The maximum Gasteiger partial charge on any atom is 0.299 e. The predicted octanol–water partition coefficient (Wildman–Crippen LogP) is 0.389. The number of carbonyl (C=O) groups excluding carboxylic acids is 1. The van der Waals surface area contributed by atoms with Crippen molar-refractivity contribution in [3.8, 4) is 5.75 Å². The molecule has 0 aromatic carbocycles. The summed E-state index contributed by atoms with van der Waals surface area (Å²) in [6, 6.07) is 1.67. The third-order valence-corrected chi connectivity index (χ3v) is 3.06. The smallest absolute Gasteiger partial charge is 0.299 e. The lowest BCUT2D eigenvalue weighted by molar-refractivity contribution is 0.0982. The molecular weight excluding hydrogens is 252 g/mol. The standard InChI is InChI=1S/C8H12N2O4S2/c1-3-14-6-4-5(2)15-7(6)8(11)10-16(9,12)13/h4H,3H2,1-2H3,(H,10,11)(H2,9,12,13). The largest absolute Gasteiger partial charge is 0.492 e. The van der Waals surface area contributed by atoms with Crippen LogP contribution in [0.15, 0.2) is 6.07 Å². The van der Waals surface area contributed by atoms with Crippen LogP contribution >= 0.6 is 11.3 Å². The summed E-state index contributed by atoms with van der Waals surface area (Å²) in [7, 11) is -4.04. The molecule has 3 N–H and O–H groups in total. The van der Waals surface area contributed by atoms with Crippen molar-refractivity contribution < 1.29 is 17.9 Å². The summed E-state index contributed by atoms with van der Waals surface area (Å²) < 4.78 is 28.3. The van der Waals surface area contributed by atoms with Crippen molar-refractivity contribution in [1.82, 2.24) is 4.72 Å². The molecule has 1 aromatic heterocycles. The molecule has 0 radical (unpaired) electrons. The fraction of sp³-hybridized carbons (Fsp3) is 0.375. The lowest BCUT2D eigenvalue weighted by Gasteiger charge is -2.04. The zero-order valence-electron chi connectivity index (χ0n) is 8.81. The van der Waals surface area contributed by atoms with Gasteiger partial charge in [-0.1, -0.05) is 0 Å². The maximum absolute atomic E-state index is 11.5. The van der Waals surface area contributed by atoms with E-state index in [1.807, 2.05) is 0 Å². The predicted molar refractivity (Wildman–Crippen MR) is 60.8 cm³/mol. The van der Waals surface area contributed by atoms with Gasteiger partial charge in [0.15, 0.2) is 0 Å². The van der Waals surface area contributed by atoms with Crippen LogP contribution in [0.5, 0.6) is 5.75 Å². The molecule has 1 rings (SSSR count). The molecule has 0 saturated carbocycles.